The van der Waals surface area contributed by atoms with Gasteiger partial charge in [0.25, 0.3) is 5.72 Å². The molecule has 0 aliphatic carbocycles. The fraction of sp³-hybridized carbons (Fsp3) is 0.400. The van der Waals surface area contributed by atoms with Crippen LogP contribution in [-0.2, 0) is 9.53 Å². The maximum Gasteiger partial charge on any atom is 0.365 e. The van der Waals surface area contributed by atoms with Crippen LogP contribution in [0.1, 0.15) is 6.42 Å². The van der Waals surface area contributed by atoms with E-state index in [1.54, 1.807) is 12.1 Å². The zero-order valence-electron chi connectivity index (χ0n) is 15.6. The molecule has 7 nitrogen and oxygen atoms in total. The van der Waals surface area contributed by atoms with Gasteiger partial charge < -0.3 is 14.4 Å². The van der Waals surface area contributed by atoms with Crippen LogP contribution < -0.4 is 15.4 Å². The van der Waals surface area contributed by atoms with Crippen LogP contribution in [0.5, 0.6) is 5.75 Å². The molecule has 1 aromatic carbocycles. The van der Waals surface area contributed by atoms with Gasteiger partial charge in [0.15, 0.2) is 0 Å². The van der Waals surface area contributed by atoms with E-state index < -0.39 is 11.7 Å². The molecule has 1 aliphatic rings. The molecular weight excluding hydrogens is 344 g/mol. The topological polar surface area (TPSA) is 80.9 Å². The van der Waals surface area contributed by atoms with E-state index in [0.717, 1.165) is 26.2 Å². The summed E-state index contributed by atoms with van der Waals surface area (Å²) in [5.41, 5.74) is 5.96. The Bertz CT molecular complexity index is 721. The Morgan fingerprint density at radius 3 is 2.41 bits per heavy atom. The first-order valence-corrected chi connectivity index (χ1v) is 9.09. The second kappa shape index (κ2) is 8.83. The first-order valence-electron chi connectivity index (χ1n) is 9.09. The number of methoxy groups -OCH3 is 1. The van der Waals surface area contributed by atoms with Crippen LogP contribution in [0, 0.1) is 0 Å². The van der Waals surface area contributed by atoms with Crippen molar-refractivity contribution in [3.8, 4) is 5.75 Å². The normalized spacial score (nSPS) is 17.2. The molecule has 1 atom stereocenters. The molecule has 2 N–H and O–H groups in total. The fourth-order valence-corrected chi connectivity index (χ4v) is 3.18. The number of anilines is 1. The molecule has 0 amide bonds. The summed E-state index contributed by atoms with van der Waals surface area (Å²) in [4.78, 5) is 20.9. The lowest BCUT2D eigenvalue weighted by atomic mass is 10.1. The van der Waals surface area contributed by atoms with E-state index in [1.807, 2.05) is 42.7 Å². The zero-order chi connectivity index (χ0) is 19.1. The van der Waals surface area contributed by atoms with Gasteiger partial charge in [-0.2, -0.15) is 0 Å². The van der Waals surface area contributed by atoms with Crippen LogP contribution in [0.15, 0.2) is 54.9 Å². The Morgan fingerprint density at radius 1 is 1.11 bits per heavy atom. The van der Waals surface area contributed by atoms with Crippen molar-refractivity contribution in [1.82, 2.24) is 9.88 Å². The highest BCUT2D eigenvalue weighted by molar-refractivity contribution is 5.79. The SMILES string of the molecule is COC(=O)C(N)(CCN1CCN(c2ccncc2)CC1)Oc1ccccc1. The van der Waals surface area contributed by atoms with Gasteiger partial charge in [-0.1, -0.05) is 18.2 Å². The largest absolute Gasteiger partial charge is 0.465 e. The summed E-state index contributed by atoms with van der Waals surface area (Å²) in [6.45, 7) is 4.27. The number of hydrogen-bond donors (Lipinski definition) is 1. The van der Waals surface area contributed by atoms with E-state index in [4.69, 9.17) is 15.2 Å². The van der Waals surface area contributed by atoms with E-state index >= 15 is 0 Å². The van der Waals surface area contributed by atoms with Gasteiger partial charge in [-0.05, 0) is 24.3 Å². The van der Waals surface area contributed by atoms with Crippen LogP contribution in [0.2, 0.25) is 0 Å². The Kier molecular flexibility index (Phi) is 6.26. The highest BCUT2D eigenvalue weighted by Crippen LogP contribution is 2.20. The molecule has 0 bridgehead atoms. The fourth-order valence-electron chi connectivity index (χ4n) is 3.18. The highest BCUT2D eigenvalue weighted by atomic mass is 16.6. The van der Waals surface area contributed by atoms with Crippen molar-refractivity contribution in [2.45, 2.75) is 12.1 Å². The summed E-state index contributed by atoms with van der Waals surface area (Å²) in [7, 11) is 1.33. The van der Waals surface area contributed by atoms with Crippen LogP contribution in [0.4, 0.5) is 5.69 Å². The van der Waals surface area contributed by atoms with E-state index in [1.165, 1.54) is 12.8 Å². The van der Waals surface area contributed by atoms with E-state index in [-0.39, 0.29) is 0 Å². The molecule has 0 spiro atoms. The number of benzene rings is 1. The molecule has 0 saturated carbocycles. The first kappa shape index (κ1) is 19.1. The number of nitrogens with zero attached hydrogens (tertiary/aromatic N) is 3. The molecule has 3 rings (SSSR count). The summed E-state index contributed by atoms with van der Waals surface area (Å²) in [5, 5.41) is 0. The smallest absolute Gasteiger partial charge is 0.365 e. The average molecular weight is 370 g/mol. The minimum Gasteiger partial charge on any atom is -0.465 e. The number of ether oxygens (including phenoxy) is 2. The van der Waals surface area contributed by atoms with Gasteiger partial charge in [-0.3, -0.25) is 15.6 Å². The quantitative estimate of drug-likeness (QED) is 0.584. The van der Waals surface area contributed by atoms with Crippen LogP contribution in [-0.4, -0.2) is 61.4 Å². The van der Waals surface area contributed by atoms with Crippen molar-refractivity contribution in [3.05, 3.63) is 54.9 Å². The Morgan fingerprint density at radius 2 is 1.78 bits per heavy atom. The number of piperazine rings is 1. The number of nitrogens with two attached hydrogens (primary N) is 1. The summed E-state index contributed by atoms with van der Waals surface area (Å²) >= 11 is 0. The Hall–Kier alpha value is -2.64. The van der Waals surface area contributed by atoms with Crippen molar-refractivity contribution in [2.24, 2.45) is 5.73 Å². The third-order valence-electron chi connectivity index (χ3n) is 4.77. The van der Waals surface area contributed by atoms with E-state index in [9.17, 15) is 4.79 Å². The molecule has 2 heterocycles. The molecule has 1 aliphatic heterocycles. The second-order valence-corrected chi connectivity index (χ2v) is 6.58. The molecule has 2 aromatic rings. The summed E-state index contributed by atoms with van der Waals surface area (Å²) < 4.78 is 10.7. The predicted octanol–water partition coefficient (Wildman–Crippen LogP) is 1.50. The van der Waals surface area contributed by atoms with Crippen molar-refractivity contribution >= 4 is 11.7 Å². The Balaban J connectivity index is 1.56. The standard InChI is InChI=1S/C20H26N4O3/c1-26-19(25)20(21,27-18-5-3-2-4-6-18)9-12-23-13-15-24(16-14-23)17-7-10-22-11-8-17/h2-8,10-11H,9,12-16,21H2,1H3. The van der Waals surface area contributed by atoms with Crippen molar-refractivity contribution in [1.29, 1.82) is 0 Å². The van der Waals surface area contributed by atoms with Gasteiger partial charge in [-0.25, -0.2) is 4.79 Å². The number of aromatic nitrogens is 1. The predicted molar refractivity (Wildman–Crippen MR) is 104 cm³/mol. The average Bonchev–Trinajstić information content (AvgIpc) is 2.73. The van der Waals surface area contributed by atoms with Gasteiger partial charge in [-0.15, -0.1) is 0 Å². The lowest BCUT2D eigenvalue weighted by Crippen LogP contribution is -2.56. The first-order chi connectivity index (χ1) is 13.1. The zero-order valence-corrected chi connectivity index (χ0v) is 15.6. The minimum absolute atomic E-state index is 0.351. The van der Waals surface area contributed by atoms with Gasteiger partial charge >= 0.3 is 5.97 Å². The lowest BCUT2D eigenvalue weighted by molar-refractivity contribution is -0.159. The van der Waals surface area contributed by atoms with Crippen LogP contribution in [0.3, 0.4) is 0 Å². The molecule has 1 aromatic heterocycles. The van der Waals surface area contributed by atoms with Crippen molar-refractivity contribution in [2.75, 3.05) is 44.7 Å². The third-order valence-corrected chi connectivity index (χ3v) is 4.77. The number of esters is 1. The molecule has 1 fully saturated rings. The Labute approximate surface area is 159 Å². The monoisotopic (exact) mass is 370 g/mol. The summed E-state index contributed by atoms with van der Waals surface area (Å²) in [6.07, 6.45) is 3.97. The lowest BCUT2D eigenvalue weighted by Gasteiger charge is -2.37. The number of para-hydroxylation sites is 1. The number of rotatable bonds is 7. The molecule has 0 radical (unpaired) electrons. The van der Waals surface area contributed by atoms with Gasteiger partial charge in [0.05, 0.1) is 7.11 Å². The summed E-state index contributed by atoms with van der Waals surface area (Å²) in [5.74, 6) is -0.0188. The molecule has 1 saturated heterocycles. The van der Waals surface area contributed by atoms with Crippen molar-refractivity contribution in [3.63, 3.8) is 0 Å². The van der Waals surface area contributed by atoms with E-state index in [2.05, 4.69) is 14.8 Å². The number of carbonyl (C=O) groups excluding carboxylic acids is 1. The van der Waals surface area contributed by atoms with Crippen LogP contribution in [0.25, 0.3) is 0 Å². The molecule has 27 heavy (non-hydrogen) atoms. The minimum atomic E-state index is -1.50. The third kappa shape index (κ3) is 4.96. The summed E-state index contributed by atoms with van der Waals surface area (Å²) in [6, 6.07) is 13.1. The second-order valence-electron chi connectivity index (χ2n) is 6.58. The van der Waals surface area contributed by atoms with E-state index in [0.29, 0.717) is 18.7 Å². The molecular formula is C20H26N4O3. The van der Waals surface area contributed by atoms with Gasteiger partial charge in [0, 0.05) is 57.2 Å². The molecule has 144 valence electrons. The maximum absolute atomic E-state index is 12.2. The van der Waals surface area contributed by atoms with Crippen LogP contribution >= 0.6 is 0 Å². The van der Waals surface area contributed by atoms with Gasteiger partial charge in [0.2, 0.25) is 0 Å². The number of hydrogen-bond acceptors (Lipinski definition) is 7. The highest BCUT2D eigenvalue weighted by Gasteiger charge is 2.38. The molecule has 1 unspecified atom stereocenters. The number of carbonyl (C=O) groups is 1. The maximum atomic E-state index is 12.2. The van der Waals surface area contributed by atoms with Crippen molar-refractivity contribution < 1.29 is 14.3 Å². The number of pyridine rings is 1. The molecule has 7 heteroatoms. The van der Waals surface area contributed by atoms with Gasteiger partial charge in [0.1, 0.15) is 5.75 Å².